The van der Waals surface area contributed by atoms with Gasteiger partial charge in [0.25, 0.3) is 0 Å². The van der Waals surface area contributed by atoms with E-state index in [9.17, 15) is 4.79 Å². The summed E-state index contributed by atoms with van der Waals surface area (Å²) in [5.74, 6) is 0.0683. The molecule has 0 amide bonds. The molecule has 140 valence electrons. The van der Waals surface area contributed by atoms with E-state index in [0.29, 0.717) is 0 Å². The lowest BCUT2D eigenvalue weighted by atomic mass is 9.83. The summed E-state index contributed by atoms with van der Waals surface area (Å²) in [6.07, 6.45) is 0. The molecule has 1 aliphatic carbocycles. The van der Waals surface area contributed by atoms with Gasteiger partial charge >= 0.3 is 0 Å². The van der Waals surface area contributed by atoms with E-state index in [1.807, 2.05) is 48.5 Å². The standard InChI is InChI=1S/C25H24N2O/c1-4-27(5-2)18-14-15-23(17(3)16-18)26-24-19-10-6-8-12-21(19)25(28)22-13-9-7-11-20(22)24/h6-16H,4-5H2,1-3H3. The number of carbonyl (C=O) groups is 1. The molecule has 0 unspecified atom stereocenters. The van der Waals surface area contributed by atoms with Crippen LogP contribution < -0.4 is 4.90 Å². The highest BCUT2D eigenvalue weighted by atomic mass is 16.1. The van der Waals surface area contributed by atoms with Gasteiger partial charge in [-0.15, -0.1) is 0 Å². The number of nitrogens with zero attached hydrogens (tertiary/aromatic N) is 2. The summed E-state index contributed by atoms with van der Waals surface area (Å²) in [6, 6.07) is 21.9. The van der Waals surface area contributed by atoms with E-state index in [4.69, 9.17) is 4.99 Å². The number of hydrogen-bond donors (Lipinski definition) is 0. The number of fused-ring (bicyclic) bond motifs is 2. The van der Waals surface area contributed by atoms with Gasteiger partial charge in [-0.3, -0.25) is 4.79 Å². The molecule has 3 heteroatoms. The summed E-state index contributed by atoms with van der Waals surface area (Å²) in [6.45, 7) is 8.39. The summed E-state index contributed by atoms with van der Waals surface area (Å²) in [4.78, 5) is 20.3. The van der Waals surface area contributed by atoms with Gasteiger partial charge in [0.2, 0.25) is 0 Å². The Morgan fingerprint density at radius 3 is 1.82 bits per heavy atom. The van der Waals surface area contributed by atoms with Crippen molar-refractivity contribution in [3.63, 3.8) is 0 Å². The van der Waals surface area contributed by atoms with Gasteiger partial charge in [0, 0.05) is 41.0 Å². The molecule has 0 fully saturated rings. The van der Waals surface area contributed by atoms with Crippen LogP contribution in [0.15, 0.2) is 71.7 Å². The minimum absolute atomic E-state index is 0.0683. The topological polar surface area (TPSA) is 32.7 Å². The number of ketones is 1. The number of rotatable bonds is 4. The summed E-state index contributed by atoms with van der Waals surface area (Å²) in [5.41, 5.74) is 7.38. The quantitative estimate of drug-likeness (QED) is 0.473. The molecule has 0 heterocycles. The van der Waals surface area contributed by atoms with Crippen LogP contribution in [0.25, 0.3) is 0 Å². The molecule has 0 N–H and O–H groups in total. The average molecular weight is 368 g/mol. The highest BCUT2D eigenvalue weighted by Gasteiger charge is 2.27. The fourth-order valence-electron chi connectivity index (χ4n) is 3.86. The predicted molar refractivity (Wildman–Crippen MR) is 116 cm³/mol. The van der Waals surface area contributed by atoms with Crippen LogP contribution in [0.1, 0.15) is 46.5 Å². The molecule has 3 aromatic rings. The third-order valence-electron chi connectivity index (χ3n) is 5.39. The SMILES string of the molecule is CCN(CC)c1ccc(N=C2c3ccccc3C(=O)c3ccccc32)c(C)c1. The first-order valence-electron chi connectivity index (χ1n) is 9.81. The van der Waals surface area contributed by atoms with E-state index in [1.165, 1.54) is 5.69 Å². The summed E-state index contributed by atoms with van der Waals surface area (Å²) in [7, 11) is 0. The molecule has 1 aliphatic rings. The van der Waals surface area contributed by atoms with Crippen LogP contribution in [0.3, 0.4) is 0 Å². The number of anilines is 1. The van der Waals surface area contributed by atoms with Crippen molar-refractivity contribution in [2.75, 3.05) is 18.0 Å². The van der Waals surface area contributed by atoms with Crippen LogP contribution in [0.5, 0.6) is 0 Å². The zero-order valence-electron chi connectivity index (χ0n) is 16.6. The van der Waals surface area contributed by atoms with E-state index in [1.54, 1.807) is 0 Å². The molecule has 0 aromatic heterocycles. The van der Waals surface area contributed by atoms with Crippen molar-refractivity contribution >= 4 is 22.9 Å². The van der Waals surface area contributed by atoms with E-state index in [0.717, 1.165) is 52.3 Å². The van der Waals surface area contributed by atoms with Crippen LogP contribution in [-0.2, 0) is 0 Å². The average Bonchev–Trinajstić information content (AvgIpc) is 2.73. The molecule has 28 heavy (non-hydrogen) atoms. The molecular weight excluding hydrogens is 344 g/mol. The van der Waals surface area contributed by atoms with E-state index < -0.39 is 0 Å². The smallest absolute Gasteiger partial charge is 0.194 e. The van der Waals surface area contributed by atoms with Gasteiger partial charge in [0.15, 0.2) is 5.78 Å². The van der Waals surface area contributed by atoms with E-state index in [2.05, 4.69) is 43.9 Å². The molecule has 0 saturated carbocycles. The number of benzene rings is 3. The van der Waals surface area contributed by atoms with Gasteiger partial charge in [0.1, 0.15) is 0 Å². The minimum atomic E-state index is 0.0683. The van der Waals surface area contributed by atoms with Crippen molar-refractivity contribution in [3.05, 3.63) is 94.5 Å². The molecule has 0 radical (unpaired) electrons. The predicted octanol–water partition coefficient (Wildman–Crippen LogP) is 5.55. The summed E-state index contributed by atoms with van der Waals surface area (Å²) < 4.78 is 0. The second-order valence-corrected chi connectivity index (χ2v) is 7.02. The van der Waals surface area contributed by atoms with Crippen LogP contribution in [0.4, 0.5) is 11.4 Å². The third kappa shape index (κ3) is 3.03. The Balaban J connectivity index is 1.87. The first-order chi connectivity index (χ1) is 13.6. The van der Waals surface area contributed by atoms with Gasteiger partial charge in [-0.1, -0.05) is 48.5 Å². The van der Waals surface area contributed by atoms with Gasteiger partial charge in [-0.05, 0) is 44.5 Å². The normalized spacial score (nSPS) is 12.4. The summed E-state index contributed by atoms with van der Waals surface area (Å²) >= 11 is 0. The molecule has 0 bridgehead atoms. The van der Waals surface area contributed by atoms with Crippen LogP contribution in [0.2, 0.25) is 0 Å². The van der Waals surface area contributed by atoms with Crippen molar-refractivity contribution < 1.29 is 4.79 Å². The van der Waals surface area contributed by atoms with Gasteiger partial charge in [-0.25, -0.2) is 4.99 Å². The number of carbonyl (C=O) groups excluding carboxylic acids is 1. The second-order valence-electron chi connectivity index (χ2n) is 7.02. The first-order valence-corrected chi connectivity index (χ1v) is 9.81. The lowest BCUT2D eigenvalue weighted by Gasteiger charge is -2.23. The van der Waals surface area contributed by atoms with Gasteiger partial charge < -0.3 is 4.90 Å². The zero-order valence-corrected chi connectivity index (χ0v) is 16.6. The third-order valence-corrected chi connectivity index (χ3v) is 5.39. The fraction of sp³-hybridized carbons (Fsp3) is 0.200. The van der Waals surface area contributed by atoms with Gasteiger partial charge in [-0.2, -0.15) is 0 Å². The van der Waals surface area contributed by atoms with Crippen molar-refractivity contribution in [2.45, 2.75) is 20.8 Å². The molecule has 0 saturated heterocycles. The zero-order chi connectivity index (χ0) is 19.7. The maximum absolute atomic E-state index is 12.9. The lowest BCUT2D eigenvalue weighted by Crippen LogP contribution is -2.22. The lowest BCUT2D eigenvalue weighted by molar-refractivity contribution is 0.103. The van der Waals surface area contributed by atoms with Crippen molar-refractivity contribution in [3.8, 4) is 0 Å². The monoisotopic (exact) mass is 368 g/mol. The van der Waals surface area contributed by atoms with E-state index >= 15 is 0 Å². The Morgan fingerprint density at radius 1 is 0.786 bits per heavy atom. The highest BCUT2D eigenvalue weighted by molar-refractivity contribution is 6.30. The number of aryl methyl sites for hydroxylation is 1. The van der Waals surface area contributed by atoms with Crippen LogP contribution in [-0.4, -0.2) is 24.6 Å². The summed E-state index contributed by atoms with van der Waals surface area (Å²) in [5, 5.41) is 0. The Labute approximate surface area is 166 Å². The molecule has 3 aromatic carbocycles. The highest BCUT2D eigenvalue weighted by Crippen LogP contribution is 2.31. The van der Waals surface area contributed by atoms with Crippen LogP contribution in [0, 0.1) is 6.92 Å². The molecule has 0 spiro atoms. The van der Waals surface area contributed by atoms with Gasteiger partial charge in [0.05, 0.1) is 11.4 Å². The van der Waals surface area contributed by atoms with Crippen molar-refractivity contribution in [1.82, 2.24) is 0 Å². The minimum Gasteiger partial charge on any atom is -0.372 e. The van der Waals surface area contributed by atoms with E-state index in [-0.39, 0.29) is 5.78 Å². The maximum Gasteiger partial charge on any atom is 0.194 e. The maximum atomic E-state index is 12.9. The molecule has 0 aliphatic heterocycles. The Hall–Kier alpha value is -3.20. The number of hydrogen-bond acceptors (Lipinski definition) is 3. The molecule has 0 atom stereocenters. The largest absolute Gasteiger partial charge is 0.372 e. The Morgan fingerprint density at radius 2 is 1.32 bits per heavy atom. The molecule has 3 nitrogen and oxygen atoms in total. The second kappa shape index (κ2) is 7.43. The first kappa shape index (κ1) is 18.2. The Bertz CT molecular complexity index is 1030. The molecular formula is C25H24N2O. The van der Waals surface area contributed by atoms with Crippen molar-refractivity contribution in [2.24, 2.45) is 4.99 Å². The fourth-order valence-corrected chi connectivity index (χ4v) is 3.86. The van der Waals surface area contributed by atoms with Crippen molar-refractivity contribution in [1.29, 1.82) is 0 Å². The van der Waals surface area contributed by atoms with Crippen LogP contribution >= 0.6 is 0 Å². The molecule has 4 rings (SSSR count). The number of aliphatic imine (C=N–C) groups is 1. The Kier molecular flexibility index (Phi) is 4.82.